The van der Waals surface area contributed by atoms with Crippen molar-refractivity contribution in [1.29, 1.82) is 0 Å². The highest BCUT2D eigenvalue weighted by atomic mass is 32.2. The summed E-state index contributed by atoms with van der Waals surface area (Å²) in [6, 6.07) is 8.48. The van der Waals surface area contributed by atoms with Gasteiger partial charge in [0.25, 0.3) is 0 Å². The number of anilines is 1. The molecule has 1 rings (SSSR count). The minimum absolute atomic E-state index is 1.10. The minimum atomic E-state index is 1.10. The molecule has 0 unspecified atom stereocenters. The quantitative estimate of drug-likeness (QED) is 0.736. The largest absolute Gasteiger partial charge is 0.330 e. The van der Waals surface area contributed by atoms with Gasteiger partial charge in [0.15, 0.2) is 0 Å². The van der Waals surface area contributed by atoms with Crippen LogP contribution in [-0.4, -0.2) is 6.26 Å². The zero-order valence-electron chi connectivity index (χ0n) is 8.92. The fourth-order valence-corrected chi connectivity index (χ4v) is 1.34. The molecule has 1 N–H and O–H groups in total. The summed E-state index contributed by atoms with van der Waals surface area (Å²) < 4.78 is 3.20. The molecule has 0 heterocycles. The van der Waals surface area contributed by atoms with Crippen molar-refractivity contribution in [2.24, 2.45) is 0 Å². The van der Waals surface area contributed by atoms with Gasteiger partial charge in [-0.25, -0.2) is 0 Å². The van der Waals surface area contributed by atoms with Gasteiger partial charge in [-0.05, 0) is 24.1 Å². The van der Waals surface area contributed by atoms with Crippen molar-refractivity contribution in [2.75, 3.05) is 11.0 Å². The molecule has 0 saturated heterocycles. The monoisotopic (exact) mass is 197 g/mol. The van der Waals surface area contributed by atoms with Gasteiger partial charge in [-0.1, -0.05) is 44.9 Å². The predicted octanol–water partition coefficient (Wildman–Crippen LogP) is 3.97. The van der Waals surface area contributed by atoms with Crippen molar-refractivity contribution < 1.29 is 0 Å². The molecule has 0 aliphatic heterocycles. The summed E-state index contributed by atoms with van der Waals surface area (Å²) in [6.45, 7) is 6.16. The summed E-state index contributed by atoms with van der Waals surface area (Å²) in [4.78, 5) is 0. The third-order valence-electron chi connectivity index (χ3n) is 1.56. The van der Waals surface area contributed by atoms with Gasteiger partial charge in [-0.3, -0.25) is 0 Å². The molecule has 0 radical (unpaired) electrons. The van der Waals surface area contributed by atoms with Gasteiger partial charge in [0.1, 0.15) is 0 Å². The smallest absolute Gasteiger partial charge is 0.0442 e. The van der Waals surface area contributed by atoms with Gasteiger partial charge in [-0.15, -0.1) is 0 Å². The first-order valence-electron chi connectivity index (χ1n) is 4.74. The lowest BCUT2D eigenvalue weighted by Crippen LogP contribution is -1.86. The molecule has 74 valence electrons. The van der Waals surface area contributed by atoms with Crippen LogP contribution in [0.4, 0.5) is 5.69 Å². The van der Waals surface area contributed by atoms with Crippen LogP contribution in [0.3, 0.4) is 0 Å². The third kappa shape index (κ3) is 4.83. The van der Waals surface area contributed by atoms with Crippen molar-refractivity contribution in [3.05, 3.63) is 29.8 Å². The van der Waals surface area contributed by atoms with Crippen LogP contribution in [0, 0.1) is 0 Å². The Morgan fingerprint density at radius 3 is 2.54 bits per heavy atom. The van der Waals surface area contributed by atoms with Crippen molar-refractivity contribution in [1.82, 2.24) is 0 Å². The van der Waals surface area contributed by atoms with Gasteiger partial charge in [-0.2, -0.15) is 0 Å². The van der Waals surface area contributed by atoms with Gasteiger partial charge in [0.05, 0.1) is 0 Å². The Hall–Kier alpha value is -0.630. The highest BCUT2D eigenvalue weighted by molar-refractivity contribution is 7.99. The van der Waals surface area contributed by atoms with E-state index in [9.17, 15) is 0 Å². The van der Waals surface area contributed by atoms with Crippen LogP contribution in [-0.2, 0) is 6.42 Å². The van der Waals surface area contributed by atoms with Crippen LogP contribution in [0.1, 0.15) is 26.3 Å². The molecule has 1 nitrogen and oxygen atoms in total. The van der Waals surface area contributed by atoms with Crippen molar-refractivity contribution in [2.45, 2.75) is 27.2 Å². The molecule has 2 heteroatoms. The Labute approximate surface area is 86.1 Å². The van der Waals surface area contributed by atoms with Crippen molar-refractivity contribution in [3.63, 3.8) is 0 Å². The number of hydrogen-bond acceptors (Lipinski definition) is 2. The molecule has 1 aromatic carbocycles. The Bertz CT molecular complexity index is 223. The van der Waals surface area contributed by atoms with Crippen LogP contribution in [0.25, 0.3) is 0 Å². The Kier molecular flexibility index (Phi) is 7.60. The van der Waals surface area contributed by atoms with Crippen LogP contribution < -0.4 is 4.72 Å². The van der Waals surface area contributed by atoms with Crippen molar-refractivity contribution >= 4 is 17.6 Å². The first kappa shape index (κ1) is 12.4. The fraction of sp³-hybridized carbons (Fsp3) is 0.455. The number of hydrogen-bond donors (Lipinski definition) is 1. The second-order valence-electron chi connectivity index (χ2n) is 2.36. The second-order valence-corrected chi connectivity index (χ2v) is 2.97. The molecule has 0 saturated carbocycles. The van der Waals surface area contributed by atoms with Gasteiger partial charge < -0.3 is 4.72 Å². The maximum Gasteiger partial charge on any atom is 0.0442 e. The zero-order chi connectivity index (χ0) is 10.1. The lowest BCUT2D eigenvalue weighted by molar-refractivity contribution is 1.14. The molecule has 0 fully saturated rings. The van der Waals surface area contributed by atoms with E-state index in [2.05, 4.69) is 35.9 Å². The number of benzene rings is 1. The second kappa shape index (κ2) is 7.99. The topological polar surface area (TPSA) is 12.0 Å². The zero-order valence-corrected chi connectivity index (χ0v) is 9.74. The molecule has 0 aliphatic carbocycles. The Balaban J connectivity index is 0.000000671. The summed E-state index contributed by atoms with van der Waals surface area (Å²) >= 11 is 1.62. The van der Waals surface area contributed by atoms with E-state index in [0.717, 1.165) is 6.42 Å². The van der Waals surface area contributed by atoms with Crippen LogP contribution in [0.2, 0.25) is 0 Å². The van der Waals surface area contributed by atoms with Gasteiger partial charge in [0.2, 0.25) is 0 Å². The molecule has 13 heavy (non-hydrogen) atoms. The van der Waals surface area contributed by atoms with Crippen LogP contribution in [0.5, 0.6) is 0 Å². The molecule has 0 bridgehead atoms. The highest BCUT2D eigenvalue weighted by Crippen LogP contribution is 2.13. The van der Waals surface area contributed by atoms with Gasteiger partial charge in [0, 0.05) is 11.9 Å². The van der Waals surface area contributed by atoms with E-state index in [-0.39, 0.29) is 0 Å². The number of rotatable bonds is 3. The summed E-state index contributed by atoms with van der Waals surface area (Å²) in [5.74, 6) is 0. The predicted molar refractivity (Wildman–Crippen MR) is 64.3 cm³/mol. The Morgan fingerprint density at radius 1 is 1.31 bits per heavy atom. The fourth-order valence-electron chi connectivity index (χ4n) is 0.973. The maximum absolute atomic E-state index is 3.20. The molecule has 0 amide bonds. The van der Waals surface area contributed by atoms with E-state index in [4.69, 9.17) is 0 Å². The summed E-state index contributed by atoms with van der Waals surface area (Å²) in [6.07, 6.45) is 3.13. The first-order chi connectivity index (χ1) is 6.36. The summed E-state index contributed by atoms with van der Waals surface area (Å²) in [5.41, 5.74) is 2.57. The molecule has 1 aromatic rings. The van der Waals surface area contributed by atoms with Gasteiger partial charge >= 0.3 is 0 Å². The standard InChI is InChI=1S/C9H13NS.C2H6/c1-3-8-5-4-6-9(7-8)10-11-2;1-2/h4-7,10H,3H2,1-2H3;1-2H3. The Morgan fingerprint density at radius 2 is 2.00 bits per heavy atom. The molecule has 0 atom stereocenters. The molecular weight excluding hydrogens is 178 g/mol. The molecular formula is C11H19NS. The maximum atomic E-state index is 3.20. The first-order valence-corrected chi connectivity index (χ1v) is 5.97. The van der Waals surface area contributed by atoms with Crippen LogP contribution in [0.15, 0.2) is 24.3 Å². The van der Waals surface area contributed by atoms with E-state index in [1.54, 1.807) is 11.9 Å². The van der Waals surface area contributed by atoms with Crippen molar-refractivity contribution in [3.8, 4) is 0 Å². The van der Waals surface area contributed by atoms with Crippen LogP contribution >= 0.6 is 11.9 Å². The molecule has 0 aromatic heterocycles. The van der Waals surface area contributed by atoms with E-state index in [1.165, 1.54) is 11.3 Å². The third-order valence-corrected chi connectivity index (χ3v) is 1.99. The lowest BCUT2D eigenvalue weighted by Gasteiger charge is -2.02. The average Bonchev–Trinajstić information content (AvgIpc) is 2.22. The summed E-state index contributed by atoms with van der Waals surface area (Å²) in [7, 11) is 0. The summed E-state index contributed by atoms with van der Waals surface area (Å²) in [5, 5.41) is 0. The average molecular weight is 197 g/mol. The van der Waals surface area contributed by atoms with E-state index < -0.39 is 0 Å². The van der Waals surface area contributed by atoms with E-state index in [1.807, 2.05) is 20.1 Å². The molecule has 0 aliphatic rings. The van der Waals surface area contributed by atoms with E-state index >= 15 is 0 Å². The minimum Gasteiger partial charge on any atom is -0.330 e. The number of aryl methyl sites for hydroxylation is 1. The SMILES string of the molecule is CC.CCc1cccc(NSC)c1. The van der Waals surface area contributed by atoms with E-state index in [0.29, 0.717) is 0 Å². The number of nitrogens with one attached hydrogen (secondary N) is 1. The highest BCUT2D eigenvalue weighted by Gasteiger charge is 1.90. The normalized spacial score (nSPS) is 8.62. The lowest BCUT2D eigenvalue weighted by atomic mass is 10.1. The molecule has 0 spiro atoms.